The van der Waals surface area contributed by atoms with Gasteiger partial charge in [-0.2, -0.15) is 0 Å². The number of carbonyl (C=O) groups excluding carboxylic acids is 1. The first kappa shape index (κ1) is 15.0. The van der Waals surface area contributed by atoms with Crippen molar-refractivity contribution >= 4 is 33.6 Å². The summed E-state index contributed by atoms with van der Waals surface area (Å²) < 4.78 is 2.58. The van der Waals surface area contributed by atoms with Gasteiger partial charge in [-0.25, -0.2) is 4.98 Å². The average molecular weight is 392 g/mol. The SMILES string of the molecule is O=C(NC1(c2ccc(Br)cc2)CC1)c1cnc2n(c1=O)CCS2. The molecule has 2 heterocycles. The molecule has 1 aliphatic heterocycles. The number of rotatable bonds is 3. The highest BCUT2D eigenvalue weighted by atomic mass is 79.9. The van der Waals surface area contributed by atoms with Gasteiger partial charge in [-0.05, 0) is 30.5 Å². The molecule has 1 aromatic carbocycles. The molecule has 0 radical (unpaired) electrons. The Morgan fingerprint density at radius 3 is 2.74 bits per heavy atom. The number of nitrogens with one attached hydrogen (secondary N) is 1. The highest BCUT2D eigenvalue weighted by Crippen LogP contribution is 2.45. The van der Waals surface area contributed by atoms with E-state index in [0.717, 1.165) is 28.6 Å². The van der Waals surface area contributed by atoms with Crippen LogP contribution in [-0.2, 0) is 12.1 Å². The second-order valence-electron chi connectivity index (χ2n) is 5.80. The van der Waals surface area contributed by atoms with Crippen molar-refractivity contribution in [3.8, 4) is 0 Å². The van der Waals surface area contributed by atoms with Crippen molar-refractivity contribution in [1.82, 2.24) is 14.9 Å². The molecule has 5 nitrogen and oxygen atoms in total. The molecule has 0 unspecified atom stereocenters. The lowest BCUT2D eigenvalue weighted by molar-refractivity contribution is 0.0928. The smallest absolute Gasteiger partial charge is 0.267 e. The van der Waals surface area contributed by atoms with E-state index in [9.17, 15) is 9.59 Å². The van der Waals surface area contributed by atoms with Crippen LogP contribution in [0.5, 0.6) is 0 Å². The van der Waals surface area contributed by atoms with Gasteiger partial charge < -0.3 is 5.32 Å². The summed E-state index contributed by atoms with van der Waals surface area (Å²) in [6.07, 6.45) is 3.17. The molecule has 0 bridgehead atoms. The second kappa shape index (κ2) is 5.49. The molecule has 0 saturated heterocycles. The van der Waals surface area contributed by atoms with E-state index in [1.807, 2.05) is 24.3 Å². The number of fused-ring (bicyclic) bond motifs is 1. The van der Waals surface area contributed by atoms with Gasteiger partial charge in [0.2, 0.25) is 0 Å². The number of hydrogen-bond acceptors (Lipinski definition) is 4. The molecule has 2 aromatic rings. The van der Waals surface area contributed by atoms with Crippen LogP contribution < -0.4 is 10.9 Å². The Morgan fingerprint density at radius 2 is 2.04 bits per heavy atom. The summed E-state index contributed by atoms with van der Waals surface area (Å²) in [6, 6.07) is 7.93. The minimum absolute atomic E-state index is 0.125. The van der Waals surface area contributed by atoms with Crippen LogP contribution in [0, 0.1) is 0 Å². The van der Waals surface area contributed by atoms with Crippen LogP contribution >= 0.6 is 27.7 Å². The number of amides is 1. The fourth-order valence-corrected chi connectivity index (χ4v) is 4.02. The zero-order valence-electron chi connectivity index (χ0n) is 12.2. The predicted molar refractivity (Wildman–Crippen MR) is 91.7 cm³/mol. The topological polar surface area (TPSA) is 64.0 Å². The third-order valence-electron chi connectivity index (χ3n) is 4.30. The first-order chi connectivity index (χ1) is 11.1. The Kier molecular flexibility index (Phi) is 3.57. The molecule has 4 rings (SSSR count). The number of nitrogens with zero attached hydrogens (tertiary/aromatic N) is 2. The number of thioether (sulfide) groups is 1. The maximum absolute atomic E-state index is 12.6. The quantitative estimate of drug-likeness (QED) is 0.816. The van der Waals surface area contributed by atoms with E-state index in [1.165, 1.54) is 6.20 Å². The highest BCUT2D eigenvalue weighted by Gasteiger charge is 2.46. The summed E-state index contributed by atoms with van der Waals surface area (Å²) >= 11 is 4.96. The number of benzene rings is 1. The monoisotopic (exact) mass is 391 g/mol. The molecule has 2 aliphatic rings. The summed E-state index contributed by atoms with van der Waals surface area (Å²) in [7, 11) is 0. The predicted octanol–water partition coefficient (Wildman–Crippen LogP) is 2.53. The van der Waals surface area contributed by atoms with Crippen molar-refractivity contribution in [1.29, 1.82) is 0 Å². The molecular weight excluding hydrogens is 378 g/mol. The third-order valence-corrected chi connectivity index (χ3v) is 5.80. The van der Waals surface area contributed by atoms with Gasteiger partial charge >= 0.3 is 0 Å². The lowest BCUT2D eigenvalue weighted by Crippen LogP contribution is -2.39. The Balaban J connectivity index is 1.61. The zero-order chi connectivity index (χ0) is 16.0. The van der Waals surface area contributed by atoms with Crippen molar-refractivity contribution in [3.05, 3.63) is 56.4 Å². The van der Waals surface area contributed by atoms with Crippen molar-refractivity contribution in [2.24, 2.45) is 0 Å². The average Bonchev–Trinajstić information content (AvgIpc) is 3.14. The molecule has 1 N–H and O–H groups in total. The molecule has 23 heavy (non-hydrogen) atoms. The van der Waals surface area contributed by atoms with E-state index in [0.29, 0.717) is 11.7 Å². The number of hydrogen-bond donors (Lipinski definition) is 1. The number of halogens is 1. The Labute approximate surface area is 145 Å². The van der Waals surface area contributed by atoms with Crippen LogP contribution in [0.25, 0.3) is 0 Å². The molecule has 1 fully saturated rings. The first-order valence-corrected chi connectivity index (χ1v) is 9.18. The maximum atomic E-state index is 12.6. The summed E-state index contributed by atoms with van der Waals surface area (Å²) in [5, 5.41) is 3.73. The molecule has 1 saturated carbocycles. The van der Waals surface area contributed by atoms with Gasteiger partial charge in [0.15, 0.2) is 5.16 Å². The fraction of sp³-hybridized carbons (Fsp3) is 0.312. The lowest BCUT2D eigenvalue weighted by Gasteiger charge is -2.18. The van der Waals surface area contributed by atoms with E-state index >= 15 is 0 Å². The molecule has 0 spiro atoms. The summed E-state index contributed by atoms with van der Waals surface area (Å²) in [4.78, 5) is 29.2. The first-order valence-electron chi connectivity index (χ1n) is 7.40. The fourth-order valence-electron chi connectivity index (χ4n) is 2.84. The standard InChI is InChI=1S/C16H14BrN3O2S/c17-11-3-1-10(2-4-11)16(5-6-16)19-13(21)12-9-18-15-20(14(12)22)7-8-23-15/h1-4,9H,5-8H2,(H,19,21). The van der Waals surface area contributed by atoms with Gasteiger partial charge in [-0.15, -0.1) is 0 Å². The van der Waals surface area contributed by atoms with Crippen LogP contribution in [-0.4, -0.2) is 21.2 Å². The highest BCUT2D eigenvalue weighted by molar-refractivity contribution is 9.10. The van der Waals surface area contributed by atoms with Gasteiger partial charge in [0.05, 0.1) is 5.54 Å². The van der Waals surface area contributed by atoms with Gasteiger partial charge in [-0.1, -0.05) is 39.8 Å². The summed E-state index contributed by atoms with van der Waals surface area (Å²) in [5.41, 5.74) is 0.602. The number of carbonyl (C=O) groups is 1. The van der Waals surface area contributed by atoms with Crippen LogP contribution in [0.4, 0.5) is 0 Å². The van der Waals surface area contributed by atoms with Crippen LogP contribution in [0.2, 0.25) is 0 Å². The minimum atomic E-state index is -0.345. The second-order valence-corrected chi connectivity index (χ2v) is 7.78. The molecular formula is C16H14BrN3O2S. The van der Waals surface area contributed by atoms with Crippen molar-refractivity contribution in [2.45, 2.75) is 30.1 Å². The zero-order valence-corrected chi connectivity index (χ0v) is 14.6. The largest absolute Gasteiger partial charge is 0.342 e. The molecule has 1 aliphatic carbocycles. The van der Waals surface area contributed by atoms with Gasteiger partial charge in [0.1, 0.15) is 5.56 Å². The lowest BCUT2D eigenvalue weighted by atomic mass is 10.0. The Morgan fingerprint density at radius 1 is 1.30 bits per heavy atom. The molecule has 118 valence electrons. The summed E-state index contributed by atoms with van der Waals surface area (Å²) in [6.45, 7) is 0.616. The van der Waals surface area contributed by atoms with Crippen molar-refractivity contribution in [2.75, 3.05) is 5.75 Å². The van der Waals surface area contributed by atoms with E-state index in [-0.39, 0.29) is 22.6 Å². The maximum Gasteiger partial charge on any atom is 0.267 e. The van der Waals surface area contributed by atoms with E-state index in [2.05, 4.69) is 26.2 Å². The molecule has 1 amide bonds. The van der Waals surface area contributed by atoms with Crippen molar-refractivity contribution < 1.29 is 4.79 Å². The van der Waals surface area contributed by atoms with Crippen LogP contribution in [0.15, 0.2) is 44.9 Å². The minimum Gasteiger partial charge on any atom is -0.342 e. The summed E-state index contributed by atoms with van der Waals surface area (Å²) in [5.74, 6) is 0.492. The molecule has 7 heteroatoms. The molecule has 1 aromatic heterocycles. The Hall–Kier alpha value is -1.60. The number of aromatic nitrogens is 2. The van der Waals surface area contributed by atoms with Crippen LogP contribution in [0.1, 0.15) is 28.8 Å². The van der Waals surface area contributed by atoms with E-state index in [1.54, 1.807) is 16.3 Å². The third kappa shape index (κ3) is 2.61. The van der Waals surface area contributed by atoms with Crippen molar-refractivity contribution in [3.63, 3.8) is 0 Å². The van der Waals surface area contributed by atoms with Gasteiger partial charge in [-0.3, -0.25) is 14.2 Å². The van der Waals surface area contributed by atoms with Gasteiger partial charge in [0.25, 0.3) is 11.5 Å². The Bertz CT molecular complexity index is 843. The van der Waals surface area contributed by atoms with E-state index in [4.69, 9.17) is 0 Å². The normalized spacial score (nSPS) is 17.6. The van der Waals surface area contributed by atoms with Crippen LogP contribution in [0.3, 0.4) is 0 Å². The van der Waals surface area contributed by atoms with Gasteiger partial charge in [0, 0.05) is 23.0 Å². The van der Waals surface area contributed by atoms with E-state index < -0.39 is 0 Å². The molecule has 0 atom stereocenters.